The SMILES string of the molecule is CSC1CCC(NC(=O)NC(C)CCC(=O)O)CC1. The highest BCUT2D eigenvalue weighted by molar-refractivity contribution is 7.99. The van der Waals surface area contributed by atoms with Crippen molar-refractivity contribution in [3.05, 3.63) is 0 Å². The van der Waals surface area contributed by atoms with Crippen LogP contribution in [0, 0.1) is 0 Å². The maximum absolute atomic E-state index is 11.7. The maximum Gasteiger partial charge on any atom is 0.315 e. The van der Waals surface area contributed by atoms with Crippen molar-refractivity contribution < 1.29 is 14.7 Å². The van der Waals surface area contributed by atoms with E-state index in [1.807, 2.05) is 18.7 Å². The summed E-state index contributed by atoms with van der Waals surface area (Å²) in [5.74, 6) is -0.829. The quantitative estimate of drug-likeness (QED) is 0.700. The Hall–Kier alpha value is -0.910. The lowest BCUT2D eigenvalue weighted by Crippen LogP contribution is -2.46. The number of amides is 2. The molecule has 0 radical (unpaired) electrons. The standard InChI is InChI=1S/C13H24N2O3S/c1-9(3-8-12(16)17)14-13(18)15-10-4-6-11(19-2)7-5-10/h9-11H,3-8H2,1-2H3,(H,16,17)(H2,14,15,18). The van der Waals surface area contributed by atoms with E-state index in [9.17, 15) is 9.59 Å². The fourth-order valence-electron chi connectivity index (χ4n) is 2.31. The first-order chi connectivity index (χ1) is 9.01. The van der Waals surface area contributed by atoms with Gasteiger partial charge in [0.05, 0.1) is 0 Å². The highest BCUT2D eigenvalue weighted by Gasteiger charge is 2.22. The number of carbonyl (C=O) groups excluding carboxylic acids is 1. The van der Waals surface area contributed by atoms with Gasteiger partial charge in [-0.15, -0.1) is 0 Å². The molecule has 1 fully saturated rings. The Bertz CT molecular complexity index is 304. The molecule has 0 aliphatic heterocycles. The molecule has 0 bridgehead atoms. The van der Waals surface area contributed by atoms with E-state index < -0.39 is 5.97 Å². The largest absolute Gasteiger partial charge is 0.481 e. The van der Waals surface area contributed by atoms with Crippen LogP contribution in [0.1, 0.15) is 45.4 Å². The van der Waals surface area contributed by atoms with Crippen LogP contribution in [0.4, 0.5) is 4.79 Å². The van der Waals surface area contributed by atoms with E-state index in [0.717, 1.165) is 30.9 Å². The number of hydrogen-bond acceptors (Lipinski definition) is 3. The number of urea groups is 1. The van der Waals surface area contributed by atoms with Gasteiger partial charge in [0, 0.05) is 23.8 Å². The van der Waals surface area contributed by atoms with Gasteiger partial charge in [-0.25, -0.2) is 4.79 Å². The normalized spacial score (nSPS) is 24.5. The molecule has 0 aromatic heterocycles. The van der Waals surface area contributed by atoms with Crippen LogP contribution in [0.15, 0.2) is 0 Å². The monoisotopic (exact) mass is 288 g/mol. The summed E-state index contributed by atoms with van der Waals surface area (Å²) in [6, 6.07) is -0.0285. The van der Waals surface area contributed by atoms with E-state index in [2.05, 4.69) is 16.9 Å². The first kappa shape index (κ1) is 16.1. The van der Waals surface area contributed by atoms with Crippen molar-refractivity contribution in [3.63, 3.8) is 0 Å². The van der Waals surface area contributed by atoms with Gasteiger partial charge in [-0.3, -0.25) is 4.79 Å². The number of nitrogens with one attached hydrogen (secondary N) is 2. The van der Waals surface area contributed by atoms with Gasteiger partial charge in [0.1, 0.15) is 0 Å². The summed E-state index contributed by atoms with van der Waals surface area (Å²) in [4.78, 5) is 22.2. The molecule has 1 saturated carbocycles. The van der Waals surface area contributed by atoms with Gasteiger partial charge in [0.15, 0.2) is 0 Å². The molecule has 1 aliphatic rings. The molecule has 0 saturated heterocycles. The fraction of sp³-hybridized carbons (Fsp3) is 0.846. The van der Waals surface area contributed by atoms with Crippen LogP contribution in [0.2, 0.25) is 0 Å². The Morgan fingerprint density at radius 3 is 2.47 bits per heavy atom. The van der Waals surface area contributed by atoms with Crippen LogP contribution in [-0.2, 0) is 4.79 Å². The van der Waals surface area contributed by atoms with E-state index in [1.54, 1.807) is 0 Å². The summed E-state index contributed by atoms with van der Waals surface area (Å²) < 4.78 is 0. The van der Waals surface area contributed by atoms with Gasteiger partial charge in [-0.05, 0) is 45.3 Å². The van der Waals surface area contributed by atoms with Gasteiger partial charge in [-0.1, -0.05) is 0 Å². The Morgan fingerprint density at radius 2 is 1.95 bits per heavy atom. The predicted octanol–water partition coefficient (Wildman–Crippen LogP) is 2.21. The average Bonchev–Trinajstić information content (AvgIpc) is 2.37. The van der Waals surface area contributed by atoms with Crippen LogP contribution in [0.25, 0.3) is 0 Å². The second-order valence-corrected chi connectivity index (χ2v) is 6.30. The molecule has 110 valence electrons. The summed E-state index contributed by atoms with van der Waals surface area (Å²) >= 11 is 1.90. The van der Waals surface area contributed by atoms with Crippen molar-refractivity contribution in [2.45, 2.75) is 62.8 Å². The highest BCUT2D eigenvalue weighted by atomic mass is 32.2. The lowest BCUT2D eigenvalue weighted by molar-refractivity contribution is -0.137. The van der Waals surface area contributed by atoms with E-state index >= 15 is 0 Å². The molecule has 1 atom stereocenters. The van der Waals surface area contributed by atoms with Crippen molar-refractivity contribution in [1.82, 2.24) is 10.6 Å². The molecule has 1 unspecified atom stereocenters. The summed E-state index contributed by atoms with van der Waals surface area (Å²) in [5, 5.41) is 15.1. The zero-order chi connectivity index (χ0) is 14.3. The number of aliphatic carboxylic acids is 1. The molecular formula is C13H24N2O3S. The van der Waals surface area contributed by atoms with Crippen molar-refractivity contribution in [2.24, 2.45) is 0 Å². The molecule has 0 aromatic rings. The Balaban J connectivity index is 2.18. The minimum Gasteiger partial charge on any atom is -0.481 e. The van der Waals surface area contributed by atoms with Crippen molar-refractivity contribution >= 4 is 23.8 Å². The van der Waals surface area contributed by atoms with Gasteiger partial charge in [0.2, 0.25) is 0 Å². The van der Waals surface area contributed by atoms with E-state index in [1.165, 1.54) is 0 Å². The van der Waals surface area contributed by atoms with E-state index in [-0.39, 0.29) is 24.5 Å². The zero-order valence-electron chi connectivity index (χ0n) is 11.6. The first-order valence-corrected chi connectivity index (χ1v) is 8.11. The van der Waals surface area contributed by atoms with Crippen LogP contribution in [0.3, 0.4) is 0 Å². The second-order valence-electron chi connectivity index (χ2n) is 5.16. The topological polar surface area (TPSA) is 78.4 Å². The molecular weight excluding hydrogens is 264 g/mol. The minimum atomic E-state index is -0.829. The molecule has 0 heterocycles. The smallest absolute Gasteiger partial charge is 0.315 e. The van der Waals surface area contributed by atoms with E-state index in [0.29, 0.717) is 6.42 Å². The summed E-state index contributed by atoms with van der Waals surface area (Å²) in [6.45, 7) is 1.83. The number of thioether (sulfide) groups is 1. The van der Waals surface area contributed by atoms with Gasteiger partial charge >= 0.3 is 12.0 Å². The zero-order valence-corrected chi connectivity index (χ0v) is 12.5. The van der Waals surface area contributed by atoms with Crippen LogP contribution in [0.5, 0.6) is 0 Å². The predicted molar refractivity (Wildman–Crippen MR) is 77.6 cm³/mol. The molecule has 0 spiro atoms. The number of rotatable bonds is 6. The molecule has 19 heavy (non-hydrogen) atoms. The van der Waals surface area contributed by atoms with Crippen LogP contribution >= 0.6 is 11.8 Å². The summed E-state index contributed by atoms with van der Waals surface area (Å²) in [7, 11) is 0. The third-order valence-corrected chi connectivity index (χ3v) is 4.65. The molecule has 1 rings (SSSR count). The second kappa shape index (κ2) is 8.30. The third-order valence-electron chi connectivity index (χ3n) is 3.51. The van der Waals surface area contributed by atoms with Crippen LogP contribution in [-0.4, -0.2) is 40.7 Å². The number of carboxylic acid groups (broad SMARTS) is 1. The fourth-order valence-corrected chi connectivity index (χ4v) is 3.05. The van der Waals surface area contributed by atoms with Gasteiger partial charge in [0.25, 0.3) is 0 Å². The molecule has 6 heteroatoms. The number of hydrogen-bond donors (Lipinski definition) is 3. The Morgan fingerprint density at radius 1 is 1.32 bits per heavy atom. The van der Waals surface area contributed by atoms with Gasteiger partial charge in [-0.2, -0.15) is 11.8 Å². The molecule has 1 aliphatic carbocycles. The first-order valence-electron chi connectivity index (χ1n) is 6.83. The summed E-state index contributed by atoms with van der Waals surface area (Å²) in [6.07, 6.45) is 7.05. The van der Waals surface area contributed by atoms with Gasteiger partial charge < -0.3 is 15.7 Å². The van der Waals surface area contributed by atoms with Crippen molar-refractivity contribution in [1.29, 1.82) is 0 Å². The molecule has 5 nitrogen and oxygen atoms in total. The van der Waals surface area contributed by atoms with Crippen molar-refractivity contribution in [2.75, 3.05) is 6.26 Å². The molecule has 2 amide bonds. The van der Waals surface area contributed by atoms with Crippen LogP contribution < -0.4 is 10.6 Å². The average molecular weight is 288 g/mol. The molecule has 0 aromatic carbocycles. The number of carbonyl (C=O) groups is 2. The maximum atomic E-state index is 11.7. The lowest BCUT2D eigenvalue weighted by Gasteiger charge is -2.28. The Labute approximate surface area is 118 Å². The summed E-state index contributed by atoms with van der Waals surface area (Å²) in [5.41, 5.74) is 0. The van der Waals surface area contributed by atoms with Crippen molar-refractivity contribution in [3.8, 4) is 0 Å². The molecule has 3 N–H and O–H groups in total. The third kappa shape index (κ3) is 6.71. The minimum absolute atomic E-state index is 0.0836. The number of carboxylic acids is 1. The lowest BCUT2D eigenvalue weighted by atomic mass is 9.95. The Kier molecular flexibility index (Phi) is 7.05. The highest BCUT2D eigenvalue weighted by Crippen LogP contribution is 2.26. The van der Waals surface area contributed by atoms with E-state index in [4.69, 9.17) is 5.11 Å².